The Morgan fingerprint density at radius 1 is 1.10 bits per heavy atom. The van der Waals surface area contributed by atoms with E-state index in [0.717, 1.165) is 38.5 Å². The number of hydroxylamine groups is 1. The van der Waals surface area contributed by atoms with Crippen molar-refractivity contribution in [2.24, 2.45) is 17.8 Å². The highest BCUT2D eigenvalue weighted by atomic mass is 19.3. The molecule has 0 radical (unpaired) electrons. The first-order valence-electron chi connectivity index (χ1n) is 14.0. The summed E-state index contributed by atoms with van der Waals surface area (Å²) < 4.78 is 34.1. The van der Waals surface area contributed by atoms with Crippen LogP contribution in [0.3, 0.4) is 0 Å². The Kier molecular flexibility index (Phi) is 6.86. The van der Waals surface area contributed by atoms with Crippen molar-refractivity contribution in [2.45, 2.75) is 83.5 Å². The van der Waals surface area contributed by atoms with Crippen LogP contribution in [0.15, 0.2) is 30.3 Å². The largest absolute Gasteiger partial charge is 0.427 e. The minimum Gasteiger partial charge on any atom is -0.365 e. The fourth-order valence-electron chi connectivity index (χ4n) is 5.93. The molecular weight excluding hydrogens is 504 g/mol. The van der Waals surface area contributed by atoms with Gasteiger partial charge in [0, 0.05) is 18.2 Å². The fourth-order valence-corrected chi connectivity index (χ4v) is 5.93. The van der Waals surface area contributed by atoms with Crippen LogP contribution < -0.4 is 16.1 Å². The van der Waals surface area contributed by atoms with Gasteiger partial charge in [-0.1, -0.05) is 56.5 Å². The monoisotopic (exact) mass is 539 g/mol. The van der Waals surface area contributed by atoms with Crippen LogP contribution in [0, 0.1) is 17.8 Å². The zero-order chi connectivity index (χ0) is 27.1. The van der Waals surface area contributed by atoms with Crippen LogP contribution in [0.1, 0.15) is 82.2 Å². The number of halogens is 2. The van der Waals surface area contributed by atoms with Crippen LogP contribution >= 0.6 is 0 Å². The van der Waals surface area contributed by atoms with Gasteiger partial charge in [-0.15, -0.1) is 5.48 Å². The van der Waals surface area contributed by atoms with Gasteiger partial charge in [0.2, 0.25) is 0 Å². The quantitative estimate of drug-likeness (QED) is 0.340. The highest BCUT2D eigenvalue weighted by molar-refractivity contribution is 5.84. The van der Waals surface area contributed by atoms with E-state index in [1.54, 1.807) is 22.8 Å². The number of benzene rings is 1. The highest BCUT2D eigenvalue weighted by Gasteiger charge is 2.42. The number of hydrogen-bond donors (Lipinski definition) is 3. The van der Waals surface area contributed by atoms with E-state index in [4.69, 9.17) is 9.82 Å². The number of fused-ring (bicyclic) bond motifs is 1. The zero-order valence-corrected chi connectivity index (χ0v) is 22.3. The molecule has 1 unspecified atom stereocenters. The number of nitrogens with one attached hydrogen (secondary N) is 3. The molecule has 2 aromatic heterocycles. The average molecular weight is 540 g/mol. The van der Waals surface area contributed by atoms with Gasteiger partial charge in [0.25, 0.3) is 0 Å². The van der Waals surface area contributed by atoms with E-state index >= 15 is 8.78 Å². The van der Waals surface area contributed by atoms with Gasteiger partial charge in [-0.3, -0.25) is 5.32 Å². The third kappa shape index (κ3) is 5.04. The van der Waals surface area contributed by atoms with Gasteiger partial charge in [-0.05, 0) is 50.4 Å². The maximum Gasteiger partial charge on any atom is 0.427 e. The number of amides is 1. The Balaban J connectivity index is 1.50. The summed E-state index contributed by atoms with van der Waals surface area (Å²) in [6, 6.07) is 7.88. The lowest BCUT2D eigenvalue weighted by Crippen LogP contribution is -2.32. The van der Waals surface area contributed by atoms with E-state index in [1.807, 2.05) is 0 Å². The second-order valence-corrected chi connectivity index (χ2v) is 11.4. The first-order chi connectivity index (χ1) is 18.8. The van der Waals surface area contributed by atoms with Gasteiger partial charge in [0.05, 0.1) is 0 Å². The van der Waals surface area contributed by atoms with Gasteiger partial charge in [0.15, 0.2) is 29.3 Å². The first kappa shape index (κ1) is 25.9. The number of anilines is 1. The number of hydrogen-bond acceptors (Lipinski definition) is 7. The molecule has 1 aliphatic heterocycles. The molecule has 3 aliphatic rings. The standard InChI is InChI=1S/C28H35F2N7O2/c1-16-11-13-18(14-12-16)15-37-21-22(31-17(2)19-7-6-8-19)32-24(25-35-27(38)39-36-25)33-23(21)34-26(37)28(29,30)20-9-4-3-5-10-20/h3-5,9-10,16-19,25,36H,6-8,11-15H2,1-2H3,(H,35,38)(H,31,32,33)/t16?,17-,18?,25?/m1/s1. The number of carbonyl (C=O) groups excluding carboxylic acids is 1. The smallest absolute Gasteiger partial charge is 0.365 e. The van der Waals surface area contributed by atoms with Gasteiger partial charge in [-0.2, -0.15) is 8.78 Å². The molecule has 208 valence electrons. The molecule has 0 spiro atoms. The van der Waals surface area contributed by atoms with Crippen molar-refractivity contribution >= 4 is 23.1 Å². The third-order valence-electron chi connectivity index (χ3n) is 8.62. The summed E-state index contributed by atoms with van der Waals surface area (Å²) in [5, 5.41) is 6.11. The number of imidazole rings is 1. The molecule has 39 heavy (non-hydrogen) atoms. The van der Waals surface area contributed by atoms with Crippen LogP contribution in [0.2, 0.25) is 0 Å². The molecule has 2 aliphatic carbocycles. The minimum absolute atomic E-state index is 0.0871. The van der Waals surface area contributed by atoms with Crippen LogP contribution in [-0.4, -0.2) is 31.7 Å². The van der Waals surface area contributed by atoms with Crippen molar-refractivity contribution in [3.05, 3.63) is 47.5 Å². The molecule has 9 nitrogen and oxygen atoms in total. The topological polar surface area (TPSA) is 106 Å². The van der Waals surface area contributed by atoms with E-state index in [0.29, 0.717) is 29.7 Å². The van der Waals surface area contributed by atoms with Crippen molar-refractivity contribution in [3.8, 4) is 0 Å². The lowest BCUT2D eigenvalue weighted by atomic mass is 9.80. The molecular formula is C28H35F2N7O2. The lowest BCUT2D eigenvalue weighted by Gasteiger charge is -2.32. The maximum atomic E-state index is 16.2. The second kappa shape index (κ2) is 10.3. The predicted molar refractivity (Wildman–Crippen MR) is 142 cm³/mol. The van der Waals surface area contributed by atoms with Crippen LogP contribution in [-0.2, 0) is 17.3 Å². The van der Waals surface area contributed by atoms with Crippen LogP contribution in [0.25, 0.3) is 11.2 Å². The highest BCUT2D eigenvalue weighted by Crippen LogP contribution is 2.40. The molecule has 6 rings (SSSR count). The molecule has 3 fully saturated rings. The predicted octanol–water partition coefficient (Wildman–Crippen LogP) is 5.64. The Labute approximate surface area is 226 Å². The molecule has 3 heterocycles. The minimum atomic E-state index is -3.34. The molecule has 0 bridgehead atoms. The van der Waals surface area contributed by atoms with Crippen molar-refractivity contribution in [1.29, 1.82) is 0 Å². The molecule has 2 saturated carbocycles. The summed E-state index contributed by atoms with van der Waals surface area (Å²) in [4.78, 5) is 30.3. The Morgan fingerprint density at radius 2 is 1.85 bits per heavy atom. The number of aromatic nitrogens is 4. The first-order valence-corrected chi connectivity index (χ1v) is 14.0. The summed E-state index contributed by atoms with van der Waals surface area (Å²) in [5.74, 6) is -1.66. The van der Waals surface area contributed by atoms with E-state index in [-0.39, 0.29) is 34.8 Å². The zero-order valence-electron chi connectivity index (χ0n) is 22.3. The Bertz CT molecular complexity index is 1340. The molecule has 3 aromatic rings. The molecule has 1 amide bonds. The van der Waals surface area contributed by atoms with Crippen LogP contribution in [0.5, 0.6) is 0 Å². The number of carbonyl (C=O) groups is 1. The summed E-state index contributed by atoms with van der Waals surface area (Å²) >= 11 is 0. The number of rotatable bonds is 8. The summed E-state index contributed by atoms with van der Waals surface area (Å²) in [6.45, 7) is 4.76. The summed E-state index contributed by atoms with van der Waals surface area (Å²) in [5.41, 5.74) is 3.08. The normalized spacial score (nSPS) is 24.7. The molecule has 1 aromatic carbocycles. The van der Waals surface area contributed by atoms with Crippen molar-refractivity contribution in [1.82, 2.24) is 30.3 Å². The van der Waals surface area contributed by atoms with Gasteiger partial charge in [0.1, 0.15) is 5.52 Å². The van der Waals surface area contributed by atoms with E-state index in [1.165, 1.54) is 18.6 Å². The van der Waals surface area contributed by atoms with Crippen molar-refractivity contribution < 1.29 is 18.4 Å². The number of nitrogens with zero attached hydrogens (tertiary/aromatic N) is 4. The van der Waals surface area contributed by atoms with E-state index in [9.17, 15) is 4.79 Å². The number of alkyl halides is 2. The fraction of sp³-hybridized carbons (Fsp3) is 0.571. The Morgan fingerprint density at radius 3 is 2.49 bits per heavy atom. The average Bonchev–Trinajstić information content (AvgIpc) is 3.49. The Hall–Kier alpha value is -3.34. The lowest BCUT2D eigenvalue weighted by molar-refractivity contribution is 0.0282. The third-order valence-corrected chi connectivity index (χ3v) is 8.62. The summed E-state index contributed by atoms with van der Waals surface area (Å²) in [7, 11) is 0. The second-order valence-electron chi connectivity index (χ2n) is 11.4. The van der Waals surface area contributed by atoms with Crippen molar-refractivity contribution in [2.75, 3.05) is 5.32 Å². The van der Waals surface area contributed by atoms with Gasteiger partial charge < -0.3 is 14.7 Å². The molecule has 1 saturated heterocycles. The van der Waals surface area contributed by atoms with E-state index in [2.05, 4.69) is 39.9 Å². The van der Waals surface area contributed by atoms with Crippen molar-refractivity contribution in [3.63, 3.8) is 0 Å². The van der Waals surface area contributed by atoms with Gasteiger partial charge >= 0.3 is 12.0 Å². The van der Waals surface area contributed by atoms with E-state index < -0.39 is 18.2 Å². The molecule has 3 N–H and O–H groups in total. The van der Waals surface area contributed by atoms with Gasteiger partial charge in [-0.25, -0.2) is 19.7 Å². The molecule has 11 heteroatoms. The van der Waals surface area contributed by atoms with Crippen LogP contribution in [0.4, 0.5) is 19.4 Å². The summed E-state index contributed by atoms with van der Waals surface area (Å²) in [6.07, 6.45) is 6.05. The molecule has 2 atom stereocenters. The SMILES string of the molecule is CC1CCC(Cn2c(C(F)(F)c3ccccc3)nc3nc(C4NOC(=O)N4)nc(N[C@H](C)C4CCC4)c32)CC1. The maximum absolute atomic E-state index is 16.2.